The fourth-order valence-electron chi connectivity index (χ4n) is 0.630. The number of rotatable bonds is 1. The van der Waals surface area contributed by atoms with Gasteiger partial charge in [-0.2, -0.15) is 0 Å². The van der Waals surface area contributed by atoms with E-state index in [0.717, 1.165) is 0 Å². The van der Waals surface area contributed by atoms with Crippen LogP contribution in [-0.4, -0.2) is 20.8 Å². The Morgan fingerprint density at radius 3 is 2.67 bits per heavy atom. The fraction of sp³-hybridized carbons (Fsp3) is 0.429. The average molecular weight is 207 g/mol. The van der Waals surface area contributed by atoms with E-state index in [-0.39, 0.29) is 18.5 Å². The number of hydrogen-bond donors (Lipinski definition) is 0. The summed E-state index contributed by atoms with van der Waals surface area (Å²) in [6.07, 6.45) is 5.15. The molecule has 1 rings (SSSR count). The van der Waals surface area contributed by atoms with Crippen molar-refractivity contribution < 1.29 is 4.74 Å². The Morgan fingerprint density at radius 2 is 2.25 bits per heavy atom. The van der Waals surface area contributed by atoms with Crippen LogP contribution in [0.5, 0.6) is 0 Å². The monoisotopic (exact) mass is 206 g/mol. The van der Waals surface area contributed by atoms with Crippen molar-refractivity contribution in [1.29, 1.82) is 0 Å². The zero-order valence-electron chi connectivity index (χ0n) is 6.93. The molecule has 0 radical (unpaired) electrons. The van der Waals surface area contributed by atoms with Gasteiger partial charge in [-0.3, -0.25) is 4.57 Å². The molecule has 0 atom stereocenters. The van der Waals surface area contributed by atoms with Crippen LogP contribution in [0.15, 0.2) is 18.7 Å². The van der Waals surface area contributed by atoms with Gasteiger partial charge in [0.05, 0.1) is 6.10 Å². The van der Waals surface area contributed by atoms with Crippen molar-refractivity contribution in [3.8, 4) is 0 Å². The maximum atomic E-state index is 5.25. The van der Waals surface area contributed by atoms with Crippen molar-refractivity contribution in [2.75, 3.05) is 0 Å². The van der Waals surface area contributed by atoms with Crippen LogP contribution < -0.4 is 0 Å². The third kappa shape index (κ3) is 3.19. The highest BCUT2D eigenvalue weighted by atomic mass is 35.5. The molecule has 0 aliphatic rings. The van der Waals surface area contributed by atoms with Crippen molar-refractivity contribution in [2.45, 2.75) is 20.0 Å². The summed E-state index contributed by atoms with van der Waals surface area (Å²) in [5.41, 5.74) is 0. The molecule has 68 valence electrons. The number of hydrogen-bond acceptors (Lipinski definition) is 3. The molecule has 0 aliphatic carbocycles. The van der Waals surface area contributed by atoms with E-state index in [1.54, 1.807) is 23.3 Å². The van der Waals surface area contributed by atoms with Gasteiger partial charge < -0.3 is 4.74 Å². The van der Waals surface area contributed by atoms with Crippen molar-refractivity contribution in [3.63, 3.8) is 0 Å². The predicted molar refractivity (Wildman–Crippen MR) is 53.7 cm³/mol. The van der Waals surface area contributed by atoms with Crippen LogP contribution in [0.1, 0.15) is 13.8 Å². The highest BCUT2D eigenvalue weighted by molar-refractivity contribution is 7.80. The lowest BCUT2D eigenvalue weighted by Gasteiger charge is -2.09. The number of aromatic nitrogens is 2. The minimum absolute atomic E-state index is 0. The molecule has 5 heteroatoms. The van der Waals surface area contributed by atoms with Crippen molar-refractivity contribution >= 4 is 29.8 Å². The first-order valence-corrected chi connectivity index (χ1v) is 3.80. The summed E-state index contributed by atoms with van der Waals surface area (Å²) in [7, 11) is 0. The first kappa shape index (κ1) is 11.4. The summed E-state index contributed by atoms with van der Waals surface area (Å²) in [6, 6.07) is 0. The lowest BCUT2D eigenvalue weighted by molar-refractivity contribution is 0.225. The molecule has 1 aromatic rings. The van der Waals surface area contributed by atoms with E-state index in [0.29, 0.717) is 5.17 Å². The number of halogens is 1. The smallest absolute Gasteiger partial charge is 0.269 e. The van der Waals surface area contributed by atoms with Crippen molar-refractivity contribution in [2.24, 2.45) is 0 Å². The van der Waals surface area contributed by atoms with Crippen LogP contribution in [0.25, 0.3) is 0 Å². The van der Waals surface area contributed by atoms with Crippen LogP contribution in [0.4, 0.5) is 0 Å². The van der Waals surface area contributed by atoms with E-state index in [1.165, 1.54) is 0 Å². The zero-order chi connectivity index (χ0) is 8.27. The van der Waals surface area contributed by atoms with E-state index in [9.17, 15) is 0 Å². The molecule has 0 bridgehead atoms. The Balaban J connectivity index is 0.00000121. The van der Waals surface area contributed by atoms with E-state index in [2.05, 4.69) is 4.98 Å². The molecule has 0 aromatic carbocycles. The minimum atomic E-state index is 0. The highest BCUT2D eigenvalue weighted by Gasteiger charge is 2.01. The molecule has 0 spiro atoms. The molecule has 0 saturated carbocycles. The van der Waals surface area contributed by atoms with Gasteiger partial charge in [0.2, 0.25) is 0 Å². The third-order valence-corrected chi connectivity index (χ3v) is 1.36. The molecular formula is C7H11ClN2OS. The summed E-state index contributed by atoms with van der Waals surface area (Å²) in [5, 5.41) is 0.442. The Morgan fingerprint density at radius 1 is 1.58 bits per heavy atom. The van der Waals surface area contributed by atoms with Crippen molar-refractivity contribution in [3.05, 3.63) is 18.7 Å². The Bertz CT molecular complexity index is 236. The van der Waals surface area contributed by atoms with Gasteiger partial charge in [-0.15, -0.1) is 12.4 Å². The maximum absolute atomic E-state index is 5.25. The maximum Gasteiger partial charge on any atom is 0.269 e. The summed E-state index contributed by atoms with van der Waals surface area (Å²) in [5.74, 6) is 0. The normalized spacial score (nSPS) is 9.25. The molecule has 0 amide bonds. The molecule has 0 saturated heterocycles. The Labute approximate surface area is 83.2 Å². The molecule has 1 heterocycles. The first-order valence-electron chi connectivity index (χ1n) is 3.39. The number of imidazole rings is 1. The molecule has 1 aromatic heterocycles. The molecule has 3 nitrogen and oxygen atoms in total. The fourth-order valence-corrected chi connectivity index (χ4v) is 0.930. The van der Waals surface area contributed by atoms with E-state index in [1.807, 2.05) is 13.8 Å². The van der Waals surface area contributed by atoms with Gasteiger partial charge in [0.1, 0.15) is 6.33 Å². The van der Waals surface area contributed by atoms with E-state index < -0.39 is 0 Å². The number of thiocarbonyl (C=S) groups is 1. The van der Waals surface area contributed by atoms with Crippen LogP contribution >= 0.6 is 24.6 Å². The van der Waals surface area contributed by atoms with Gasteiger partial charge >= 0.3 is 0 Å². The van der Waals surface area contributed by atoms with Crippen LogP contribution in [0.2, 0.25) is 0 Å². The SMILES string of the molecule is CC(C)OC(=S)n1ccnc1.Cl. The van der Waals surface area contributed by atoms with Gasteiger partial charge in [-0.25, -0.2) is 4.98 Å². The molecule has 0 aliphatic heterocycles. The number of nitrogens with zero attached hydrogens (tertiary/aromatic N) is 2. The lowest BCUT2D eigenvalue weighted by Crippen LogP contribution is -2.15. The summed E-state index contributed by atoms with van der Waals surface area (Å²) in [6.45, 7) is 3.87. The van der Waals surface area contributed by atoms with Gasteiger partial charge in [0.15, 0.2) is 0 Å². The van der Waals surface area contributed by atoms with Crippen molar-refractivity contribution in [1.82, 2.24) is 9.55 Å². The minimum Gasteiger partial charge on any atom is -0.468 e. The van der Waals surface area contributed by atoms with E-state index in [4.69, 9.17) is 17.0 Å². The third-order valence-electron chi connectivity index (χ3n) is 1.05. The standard InChI is InChI=1S/C7H10N2OS.ClH/c1-6(2)10-7(11)9-4-3-8-5-9;/h3-6H,1-2H3;1H. The van der Waals surface area contributed by atoms with Crippen LogP contribution in [-0.2, 0) is 4.74 Å². The second-order valence-electron chi connectivity index (χ2n) is 2.40. The predicted octanol–water partition coefficient (Wildman–Crippen LogP) is 1.86. The number of ether oxygens (including phenoxy) is 1. The summed E-state index contributed by atoms with van der Waals surface area (Å²) in [4.78, 5) is 3.85. The highest BCUT2D eigenvalue weighted by Crippen LogP contribution is 1.94. The average Bonchev–Trinajstić information content (AvgIpc) is 2.35. The second kappa shape index (κ2) is 5.11. The van der Waals surface area contributed by atoms with Gasteiger partial charge in [-0.05, 0) is 26.1 Å². The Hall–Kier alpha value is -0.610. The van der Waals surface area contributed by atoms with Crippen LogP contribution in [0.3, 0.4) is 0 Å². The van der Waals surface area contributed by atoms with Crippen LogP contribution in [0, 0.1) is 0 Å². The molecule has 0 unspecified atom stereocenters. The lowest BCUT2D eigenvalue weighted by atomic mass is 10.5. The van der Waals surface area contributed by atoms with Gasteiger partial charge in [0.25, 0.3) is 5.17 Å². The summed E-state index contributed by atoms with van der Waals surface area (Å²) < 4.78 is 6.91. The molecular weight excluding hydrogens is 196 g/mol. The quantitative estimate of drug-likeness (QED) is 0.657. The molecule has 0 N–H and O–H groups in total. The molecule has 0 fully saturated rings. The topological polar surface area (TPSA) is 27.1 Å². The Kier molecular flexibility index (Phi) is 4.85. The zero-order valence-corrected chi connectivity index (χ0v) is 8.56. The summed E-state index contributed by atoms with van der Waals surface area (Å²) >= 11 is 4.95. The van der Waals surface area contributed by atoms with Gasteiger partial charge in [0, 0.05) is 12.4 Å². The molecule has 12 heavy (non-hydrogen) atoms. The van der Waals surface area contributed by atoms with Gasteiger partial charge in [-0.1, -0.05) is 0 Å². The first-order chi connectivity index (χ1) is 5.20. The second-order valence-corrected chi connectivity index (χ2v) is 2.75. The van der Waals surface area contributed by atoms with E-state index >= 15 is 0 Å². The largest absolute Gasteiger partial charge is 0.468 e.